The number of likely N-dealkylation sites (N-methyl/N-ethyl adjacent to an activating group) is 1. The minimum atomic E-state index is -4.63. The van der Waals surface area contributed by atoms with Crippen molar-refractivity contribution in [3.05, 3.63) is 48.6 Å². The van der Waals surface area contributed by atoms with E-state index in [2.05, 4.69) is 62.5 Å². The van der Waals surface area contributed by atoms with E-state index in [9.17, 15) is 19.0 Å². The molecule has 0 aromatic carbocycles. The third kappa shape index (κ3) is 39.7. The van der Waals surface area contributed by atoms with Crippen molar-refractivity contribution in [1.29, 1.82) is 0 Å². The molecule has 0 aliphatic carbocycles. The Morgan fingerprint density at radius 3 is 1.57 bits per heavy atom. The number of unbranched alkanes of at least 4 members (excludes halogenated alkanes) is 16. The van der Waals surface area contributed by atoms with Crippen LogP contribution in [0.3, 0.4) is 0 Å². The van der Waals surface area contributed by atoms with Crippen LogP contribution in [0.2, 0.25) is 0 Å². The Kier molecular flexibility index (Phi) is 35.2. The molecule has 0 fully saturated rings. The monoisotopic (exact) mass is 782 g/mol. The van der Waals surface area contributed by atoms with E-state index in [1.807, 2.05) is 21.1 Å². The van der Waals surface area contributed by atoms with Crippen LogP contribution in [0.5, 0.6) is 0 Å². The highest BCUT2D eigenvalue weighted by Crippen LogP contribution is 2.38. The number of carbonyl (C=O) groups is 2. The lowest BCUT2D eigenvalue weighted by molar-refractivity contribution is -0.870. The summed E-state index contributed by atoms with van der Waals surface area (Å²) in [5.74, 6) is -0.882. The SMILES string of the molecule is CC/C=C\C/C=C\C/C=C\C/C=C\CCCCC(=O)OC(COC(=O)CCCCCCCCCCCCCCCCC)COP(=O)([O-])OCC[N+](C)(C)C. The van der Waals surface area contributed by atoms with Crippen LogP contribution in [0, 0.1) is 0 Å². The van der Waals surface area contributed by atoms with Crippen molar-refractivity contribution in [3.8, 4) is 0 Å². The number of nitrogens with zero attached hydrogens (tertiary/aromatic N) is 1. The summed E-state index contributed by atoms with van der Waals surface area (Å²) >= 11 is 0. The Labute approximate surface area is 331 Å². The highest BCUT2D eigenvalue weighted by atomic mass is 31.2. The van der Waals surface area contributed by atoms with Crippen LogP contribution in [-0.2, 0) is 32.7 Å². The van der Waals surface area contributed by atoms with E-state index in [0.29, 0.717) is 17.4 Å². The van der Waals surface area contributed by atoms with Gasteiger partial charge >= 0.3 is 11.9 Å². The van der Waals surface area contributed by atoms with Crippen molar-refractivity contribution in [3.63, 3.8) is 0 Å². The first kappa shape index (κ1) is 52.0. The first-order valence-corrected chi connectivity index (χ1v) is 22.8. The molecule has 2 unspecified atom stereocenters. The molecule has 0 amide bonds. The Morgan fingerprint density at radius 2 is 1.06 bits per heavy atom. The average molecular weight is 782 g/mol. The normalized spacial score (nSPS) is 14.1. The molecule has 314 valence electrons. The molecular formula is C44H80NO8P. The van der Waals surface area contributed by atoms with Gasteiger partial charge in [0.25, 0.3) is 7.82 Å². The molecule has 0 heterocycles. The highest BCUT2D eigenvalue weighted by Gasteiger charge is 2.21. The number of hydrogen-bond donors (Lipinski definition) is 0. The van der Waals surface area contributed by atoms with Crippen molar-refractivity contribution < 1.29 is 42.1 Å². The van der Waals surface area contributed by atoms with Gasteiger partial charge in [-0.1, -0.05) is 152 Å². The van der Waals surface area contributed by atoms with Gasteiger partial charge in [-0.3, -0.25) is 14.2 Å². The number of hydrogen-bond acceptors (Lipinski definition) is 8. The third-order valence-corrected chi connectivity index (χ3v) is 9.83. The van der Waals surface area contributed by atoms with Crippen LogP contribution in [0.4, 0.5) is 0 Å². The van der Waals surface area contributed by atoms with Gasteiger partial charge in [-0.15, -0.1) is 0 Å². The molecule has 0 radical (unpaired) electrons. The largest absolute Gasteiger partial charge is 0.756 e. The molecule has 0 rings (SSSR count). The molecule has 0 N–H and O–H groups in total. The van der Waals surface area contributed by atoms with Gasteiger partial charge in [0.15, 0.2) is 6.10 Å². The summed E-state index contributed by atoms with van der Waals surface area (Å²) in [7, 11) is 1.13. The van der Waals surface area contributed by atoms with Crippen LogP contribution >= 0.6 is 7.82 Å². The van der Waals surface area contributed by atoms with E-state index in [1.165, 1.54) is 77.0 Å². The Morgan fingerprint density at radius 1 is 0.593 bits per heavy atom. The van der Waals surface area contributed by atoms with Crippen molar-refractivity contribution in [2.24, 2.45) is 0 Å². The number of phosphoric acid groups is 1. The summed E-state index contributed by atoms with van der Waals surface area (Å²) in [4.78, 5) is 37.5. The number of phosphoric ester groups is 1. The maximum atomic E-state index is 12.6. The summed E-state index contributed by atoms with van der Waals surface area (Å²) in [6, 6.07) is 0. The second-order valence-electron chi connectivity index (χ2n) is 15.3. The van der Waals surface area contributed by atoms with Crippen LogP contribution in [0.25, 0.3) is 0 Å². The Bertz CT molecular complexity index is 1070. The number of quaternary nitrogens is 1. The number of esters is 2. The lowest BCUT2D eigenvalue weighted by Crippen LogP contribution is -2.37. The average Bonchev–Trinajstić information content (AvgIpc) is 3.12. The molecule has 0 aliphatic rings. The van der Waals surface area contributed by atoms with Crippen LogP contribution in [0.15, 0.2) is 48.6 Å². The quantitative estimate of drug-likeness (QED) is 0.0200. The molecule has 2 atom stereocenters. The van der Waals surface area contributed by atoms with E-state index >= 15 is 0 Å². The molecule has 0 bridgehead atoms. The summed E-state index contributed by atoms with van der Waals surface area (Å²) in [5, 5.41) is 0. The van der Waals surface area contributed by atoms with E-state index in [4.69, 9.17) is 18.5 Å². The van der Waals surface area contributed by atoms with Crippen LogP contribution < -0.4 is 4.89 Å². The first-order chi connectivity index (χ1) is 26.0. The van der Waals surface area contributed by atoms with Crippen molar-refractivity contribution in [1.82, 2.24) is 0 Å². The topological polar surface area (TPSA) is 111 Å². The molecule has 9 nitrogen and oxygen atoms in total. The number of ether oxygens (including phenoxy) is 2. The van der Waals surface area contributed by atoms with Crippen LogP contribution in [-0.4, -0.2) is 70.0 Å². The standard InChI is InChI=1S/C44H80NO8P/c1-6-8-10-12-14-16-18-20-22-24-26-28-30-32-34-36-43(46)50-40-42(41-52-54(48,49)51-39-38-45(3,4)5)53-44(47)37-35-33-31-29-27-25-23-21-19-17-15-13-11-9-7-2/h9,11,15,17,21,23,27,29,42H,6-8,10,12-14,16,18-20,22,24-26,28,30-41H2,1-5H3/b11-9-,17-15-,23-21-,29-27-. The van der Waals surface area contributed by atoms with Gasteiger partial charge in [0, 0.05) is 12.8 Å². The van der Waals surface area contributed by atoms with Gasteiger partial charge in [-0.2, -0.15) is 0 Å². The Hall–Kier alpha value is -2.03. The van der Waals surface area contributed by atoms with E-state index in [-0.39, 0.29) is 26.1 Å². The zero-order valence-electron chi connectivity index (χ0n) is 35.2. The molecule has 10 heteroatoms. The number of rotatable bonds is 38. The van der Waals surface area contributed by atoms with Gasteiger partial charge in [0.05, 0.1) is 27.7 Å². The van der Waals surface area contributed by atoms with Gasteiger partial charge in [0.2, 0.25) is 0 Å². The smallest absolute Gasteiger partial charge is 0.306 e. The predicted octanol–water partition coefficient (Wildman–Crippen LogP) is 11.3. The molecule has 0 spiro atoms. The summed E-state index contributed by atoms with van der Waals surface area (Å²) in [6.07, 6.45) is 41.4. The van der Waals surface area contributed by atoms with Crippen molar-refractivity contribution in [2.45, 2.75) is 174 Å². The van der Waals surface area contributed by atoms with Gasteiger partial charge < -0.3 is 27.9 Å². The molecular weight excluding hydrogens is 701 g/mol. The molecule has 0 saturated heterocycles. The van der Waals surface area contributed by atoms with Crippen LogP contribution in [0.1, 0.15) is 168 Å². The first-order valence-electron chi connectivity index (χ1n) is 21.3. The Balaban J connectivity index is 4.44. The lowest BCUT2D eigenvalue weighted by Gasteiger charge is -2.28. The second kappa shape index (κ2) is 36.6. The maximum absolute atomic E-state index is 12.6. The summed E-state index contributed by atoms with van der Waals surface area (Å²) in [6.45, 7) is 4.06. The molecule has 0 aromatic rings. The third-order valence-electron chi connectivity index (χ3n) is 8.86. The number of carbonyl (C=O) groups excluding carboxylic acids is 2. The van der Waals surface area contributed by atoms with E-state index in [0.717, 1.165) is 57.8 Å². The van der Waals surface area contributed by atoms with E-state index in [1.54, 1.807) is 0 Å². The van der Waals surface area contributed by atoms with Gasteiger partial charge in [0.1, 0.15) is 19.8 Å². The van der Waals surface area contributed by atoms with E-state index < -0.39 is 32.5 Å². The second-order valence-corrected chi connectivity index (χ2v) is 16.7. The fourth-order valence-corrected chi connectivity index (χ4v) is 6.26. The fourth-order valence-electron chi connectivity index (χ4n) is 5.53. The zero-order chi connectivity index (χ0) is 40.0. The maximum Gasteiger partial charge on any atom is 0.306 e. The zero-order valence-corrected chi connectivity index (χ0v) is 36.0. The highest BCUT2D eigenvalue weighted by molar-refractivity contribution is 7.45. The lowest BCUT2D eigenvalue weighted by atomic mass is 10.0. The van der Waals surface area contributed by atoms with Crippen molar-refractivity contribution in [2.75, 3.05) is 47.5 Å². The molecule has 0 aliphatic heterocycles. The summed E-state index contributed by atoms with van der Waals surface area (Å²) < 4.78 is 33.8. The van der Waals surface area contributed by atoms with Gasteiger partial charge in [-0.05, 0) is 51.4 Å². The predicted molar refractivity (Wildman–Crippen MR) is 222 cm³/mol. The molecule has 0 aromatic heterocycles. The minimum Gasteiger partial charge on any atom is -0.756 e. The summed E-state index contributed by atoms with van der Waals surface area (Å²) in [5.41, 5.74) is 0. The van der Waals surface area contributed by atoms with Gasteiger partial charge in [-0.25, -0.2) is 0 Å². The van der Waals surface area contributed by atoms with Crippen molar-refractivity contribution >= 4 is 19.8 Å². The number of allylic oxidation sites excluding steroid dienone is 8. The minimum absolute atomic E-state index is 0.0394. The fraction of sp³-hybridized carbons (Fsp3) is 0.773. The molecule has 54 heavy (non-hydrogen) atoms. The molecule has 0 saturated carbocycles.